The Hall–Kier alpha value is -8.20. The van der Waals surface area contributed by atoms with Crippen molar-refractivity contribution in [2.45, 2.75) is 0 Å². The van der Waals surface area contributed by atoms with Crippen LogP contribution in [0, 0.1) is 0 Å². The zero-order valence-electron chi connectivity index (χ0n) is 34.0. The molecule has 0 radical (unpaired) electrons. The molecule has 0 aliphatic heterocycles. The highest BCUT2D eigenvalue weighted by Crippen LogP contribution is 2.41. The smallest absolute Gasteiger partial charge is 0.0541 e. The molecule has 0 bridgehead atoms. The van der Waals surface area contributed by atoms with Gasteiger partial charge < -0.3 is 9.13 Å². The lowest BCUT2D eigenvalue weighted by Gasteiger charge is -2.11. The third kappa shape index (κ3) is 6.12. The van der Waals surface area contributed by atoms with E-state index in [4.69, 9.17) is 0 Å². The Bertz CT molecular complexity index is 3320. The van der Waals surface area contributed by atoms with E-state index in [1.54, 1.807) is 0 Å². The van der Waals surface area contributed by atoms with Crippen LogP contribution in [0.25, 0.3) is 111 Å². The summed E-state index contributed by atoms with van der Waals surface area (Å²) in [7, 11) is 0. The Morgan fingerprint density at radius 3 is 0.661 bits per heavy atom. The van der Waals surface area contributed by atoms with Gasteiger partial charge in [0.15, 0.2) is 0 Å². The maximum Gasteiger partial charge on any atom is 0.0541 e. The summed E-state index contributed by atoms with van der Waals surface area (Å²) in [5.41, 5.74) is 19.1. The Morgan fingerprint density at radius 2 is 0.387 bits per heavy atom. The molecule has 10 aromatic carbocycles. The lowest BCUT2D eigenvalue weighted by atomic mass is 9.98. The summed E-state index contributed by atoms with van der Waals surface area (Å²) >= 11 is 0. The van der Waals surface area contributed by atoms with Gasteiger partial charge in [-0.2, -0.15) is 0 Å². The van der Waals surface area contributed by atoms with E-state index in [1.165, 1.54) is 99.2 Å². The summed E-state index contributed by atoms with van der Waals surface area (Å²) in [4.78, 5) is 0. The molecule has 0 saturated carbocycles. The molecule has 2 nitrogen and oxygen atoms in total. The first kappa shape index (κ1) is 35.7. The molecule has 12 rings (SSSR count). The van der Waals surface area contributed by atoms with Gasteiger partial charge in [0.2, 0.25) is 0 Å². The number of benzene rings is 10. The number of fused-ring (bicyclic) bond motifs is 6. The number of aromatic nitrogens is 2. The topological polar surface area (TPSA) is 9.86 Å². The van der Waals surface area contributed by atoms with Gasteiger partial charge in [0.1, 0.15) is 0 Å². The second-order valence-electron chi connectivity index (χ2n) is 16.2. The van der Waals surface area contributed by atoms with Crippen molar-refractivity contribution >= 4 is 43.6 Å². The second-order valence-corrected chi connectivity index (χ2v) is 16.2. The van der Waals surface area contributed by atoms with Crippen LogP contribution < -0.4 is 0 Å². The Morgan fingerprint density at radius 1 is 0.177 bits per heavy atom. The zero-order chi connectivity index (χ0) is 41.0. The van der Waals surface area contributed by atoms with E-state index in [9.17, 15) is 0 Å². The first-order valence-electron chi connectivity index (χ1n) is 21.3. The van der Waals surface area contributed by atoms with E-state index in [2.05, 4.69) is 252 Å². The van der Waals surface area contributed by atoms with Crippen molar-refractivity contribution in [2.24, 2.45) is 0 Å². The van der Waals surface area contributed by atoms with Crippen molar-refractivity contribution in [2.75, 3.05) is 0 Å². The SMILES string of the molecule is c1ccc(-c2ccc(-n3c4ccc(-c5ccccc5)cc4c4cc(-c5ccc6c(c5)c5cc(-c7ccccc7)ccc5n6-c5ccc(-c6ccccc6)cc5)ccc43)cc2)cc1. The van der Waals surface area contributed by atoms with E-state index < -0.39 is 0 Å². The van der Waals surface area contributed by atoms with Gasteiger partial charge in [0, 0.05) is 32.9 Å². The van der Waals surface area contributed by atoms with Crippen LogP contribution >= 0.6 is 0 Å². The summed E-state index contributed by atoms with van der Waals surface area (Å²) in [6.45, 7) is 0. The first-order valence-corrected chi connectivity index (χ1v) is 21.3. The summed E-state index contributed by atoms with van der Waals surface area (Å²) in [6, 6.07) is 88.4. The molecule has 290 valence electrons. The van der Waals surface area contributed by atoms with E-state index in [1.807, 2.05) is 0 Å². The Kier molecular flexibility index (Phi) is 8.53. The fourth-order valence-electron chi connectivity index (χ4n) is 9.45. The predicted molar refractivity (Wildman–Crippen MR) is 262 cm³/mol. The minimum absolute atomic E-state index is 1.14. The highest BCUT2D eigenvalue weighted by Gasteiger charge is 2.18. The van der Waals surface area contributed by atoms with Crippen molar-refractivity contribution in [3.63, 3.8) is 0 Å². The molecule has 0 aliphatic rings. The van der Waals surface area contributed by atoms with Crippen LogP contribution in [0.4, 0.5) is 0 Å². The summed E-state index contributed by atoms with van der Waals surface area (Å²) < 4.78 is 4.84. The van der Waals surface area contributed by atoms with Crippen molar-refractivity contribution in [3.8, 4) is 67.0 Å². The molecule has 12 aromatic rings. The number of hydrogen-bond donors (Lipinski definition) is 0. The maximum absolute atomic E-state index is 2.42. The fraction of sp³-hybridized carbons (Fsp3) is 0. The lowest BCUT2D eigenvalue weighted by molar-refractivity contribution is 1.18. The molecular formula is C60H40N2. The van der Waals surface area contributed by atoms with Gasteiger partial charge in [-0.1, -0.05) is 170 Å². The van der Waals surface area contributed by atoms with Crippen LogP contribution in [0.5, 0.6) is 0 Å². The molecule has 0 unspecified atom stereocenters. The number of hydrogen-bond acceptors (Lipinski definition) is 0. The van der Waals surface area contributed by atoms with Crippen molar-refractivity contribution in [1.82, 2.24) is 9.13 Å². The average molecular weight is 789 g/mol. The molecule has 0 saturated heterocycles. The van der Waals surface area contributed by atoms with Crippen LogP contribution in [0.15, 0.2) is 243 Å². The van der Waals surface area contributed by atoms with Gasteiger partial charge in [-0.15, -0.1) is 0 Å². The third-order valence-corrected chi connectivity index (χ3v) is 12.5. The van der Waals surface area contributed by atoms with Gasteiger partial charge in [0.25, 0.3) is 0 Å². The highest BCUT2D eigenvalue weighted by atomic mass is 15.0. The average Bonchev–Trinajstić information content (AvgIpc) is 3.86. The molecule has 0 spiro atoms. The zero-order valence-corrected chi connectivity index (χ0v) is 34.0. The number of rotatable bonds is 7. The molecule has 2 heteroatoms. The molecule has 0 amide bonds. The van der Waals surface area contributed by atoms with E-state index >= 15 is 0 Å². The van der Waals surface area contributed by atoms with Crippen molar-refractivity contribution in [1.29, 1.82) is 0 Å². The number of nitrogens with zero attached hydrogens (tertiary/aromatic N) is 2. The first-order chi connectivity index (χ1) is 30.7. The van der Waals surface area contributed by atoms with Crippen LogP contribution in [-0.2, 0) is 0 Å². The molecule has 0 atom stereocenters. The van der Waals surface area contributed by atoms with Gasteiger partial charge in [-0.05, 0) is 128 Å². The highest BCUT2D eigenvalue weighted by molar-refractivity contribution is 6.14. The van der Waals surface area contributed by atoms with E-state index in [-0.39, 0.29) is 0 Å². The molecule has 0 N–H and O–H groups in total. The molecule has 0 aliphatic carbocycles. The lowest BCUT2D eigenvalue weighted by Crippen LogP contribution is -1.94. The summed E-state index contributed by atoms with van der Waals surface area (Å²) in [5, 5.41) is 4.93. The normalized spacial score (nSPS) is 11.5. The van der Waals surface area contributed by atoms with Crippen LogP contribution in [0.3, 0.4) is 0 Å². The van der Waals surface area contributed by atoms with Crippen LogP contribution in [0.1, 0.15) is 0 Å². The third-order valence-electron chi connectivity index (χ3n) is 12.5. The van der Waals surface area contributed by atoms with Gasteiger partial charge in [-0.3, -0.25) is 0 Å². The quantitative estimate of drug-likeness (QED) is 0.152. The van der Waals surface area contributed by atoms with Gasteiger partial charge in [0.05, 0.1) is 22.1 Å². The Balaban J connectivity index is 1.03. The van der Waals surface area contributed by atoms with E-state index in [0.29, 0.717) is 0 Å². The van der Waals surface area contributed by atoms with Gasteiger partial charge >= 0.3 is 0 Å². The Labute approximate surface area is 360 Å². The molecule has 2 heterocycles. The largest absolute Gasteiger partial charge is 0.309 e. The van der Waals surface area contributed by atoms with Crippen LogP contribution in [0.2, 0.25) is 0 Å². The van der Waals surface area contributed by atoms with E-state index in [0.717, 1.165) is 11.4 Å². The fourth-order valence-corrected chi connectivity index (χ4v) is 9.45. The molecule has 0 fully saturated rings. The van der Waals surface area contributed by atoms with Crippen molar-refractivity contribution < 1.29 is 0 Å². The summed E-state index contributed by atoms with van der Waals surface area (Å²) in [5.74, 6) is 0. The standard InChI is InChI=1S/C60H40N2/c1-5-13-41(14-6-1)45-21-29-51(30-22-45)61-57-33-25-47(43-17-9-3-10-18-43)37-53(57)55-39-49(27-35-59(55)61)50-28-36-60-56(40-50)54-38-48(44-19-11-4-12-20-44)26-34-58(54)62(60)52-31-23-46(24-32-52)42-15-7-2-8-16-42/h1-40H. The minimum atomic E-state index is 1.14. The predicted octanol–water partition coefficient (Wildman–Crippen LogP) is 16.2. The molecule has 62 heavy (non-hydrogen) atoms. The molecular weight excluding hydrogens is 749 g/mol. The minimum Gasteiger partial charge on any atom is -0.309 e. The van der Waals surface area contributed by atoms with Crippen molar-refractivity contribution in [3.05, 3.63) is 243 Å². The second kappa shape index (κ2) is 14.8. The molecule has 2 aromatic heterocycles. The monoisotopic (exact) mass is 788 g/mol. The van der Waals surface area contributed by atoms with Crippen LogP contribution in [-0.4, -0.2) is 9.13 Å². The van der Waals surface area contributed by atoms with Gasteiger partial charge in [-0.25, -0.2) is 0 Å². The maximum atomic E-state index is 2.42. The summed E-state index contributed by atoms with van der Waals surface area (Å²) in [6.07, 6.45) is 0.